The fourth-order valence-corrected chi connectivity index (χ4v) is 2.40. The van der Waals surface area contributed by atoms with Gasteiger partial charge < -0.3 is 14.8 Å². The molecule has 0 atom stereocenters. The zero-order valence-corrected chi connectivity index (χ0v) is 10.7. The first kappa shape index (κ1) is 13.1. The second kappa shape index (κ2) is 6.57. The van der Waals surface area contributed by atoms with E-state index in [4.69, 9.17) is 5.11 Å². The number of hydrogen-bond acceptors (Lipinski definition) is 2. The van der Waals surface area contributed by atoms with Gasteiger partial charge in [0.1, 0.15) is 0 Å². The van der Waals surface area contributed by atoms with Crippen molar-refractivity contribution in [2.45, 2.75) is 38.8 Å². The normalized spacial score (nSPS) is 11.2. The van der Waals surface area contributed by atoms with Crippen molar-refractivity contribution in [2.24, 2.45) is 0 Å². The highest BCUT2D eigenvalue weighted by atomic mass is 16.3. The first-order valence-corrected chi connectivity index (χ1v) is 6.65. The lowest BCUT2D eigenvalue weighted by Gasteiger charge is -2.08. The van der Waals surface area contributed by atoms with Crippen LogP contribution in [0.25, 0.3) is 10.9 Å². The number of unbranched alkanes of at least 4 members (excludes halogenated alkanes) is 3. The lowest BCUT2D eigenvalue weighted by atomic mass is 10.1. The summed E-state index contributed by atoms with van der Waals surface area (Å²) in [5, 5.41) is 19.3. The summed E-state index contributed by atoms with van der Waals surface area (Å²) in [5.41, 5.74) is 2.15. The molecule has 0 amide bonds. The molecule has 0 saturated carbocycles. The maximum Gasteiger partial charge on any atom is 0.0702 e. The lowest BCUT2D eigenvalue weighted by molar-refractivity contribution is 0.281. The molecule has 2 N–H and O–H groups in total. The molecule has 0 aliphatic rings. The Morgan fingerprint density at radius 2 is 1.78 bits per heavy atom. The van der Waals surface area contributed by atoms with Crippen LogP contribution in [0.15, 0.2) is 30.5 Å². The molecule has 3 heteroatoms. The maximum atomic E-state index is 9.38. The van der Waals surface area contributed by atoms with Crippen molar-refractivity contribution in [1.82, 2.24) is 4.57 Å². The van der Waals surface area contributed by atoms with Gasteiger partial charge in [0.2, 0.25) is 0 Å². The summed E-state index contributed by atoms with van der Waals surface area (Å²) < 4.78 is 2.22. The van der Waals surface area contributed by atoms with Gasteiger partial charge in [-0.25, -0.2) is 0 Å². The van der Waals surface area contributed by atoms with Crippen LogP contribution in [0.3, 0.4) is 0 Å². The molecule has 0 unspecified atom stereocenters. The average Bonchev–Trinajstić information content (AvgIpc) is 2.82. The molecule has 0 bridgehead atoms. The molecule has 2 aromatic rings. The van der Waals surface area contributed by atoms with Crippen LogP contribution in [-0.2, 0) is 13.2 Å². The molecule has 0 aliphatic heterocycles. The summed E-state index contributed by atoms with van der Waals surface area (Å²) >= 11 is 0. The van der Waals surface area contributed by atoms with Crippen LogP contribution in [0.4, 0.5) is 0 Å². The number of aliphatic hydroxyl groups excluding tert-OH is 2. The number of benzene rings is 1. The Labute approximate surface area is 108 Å². The third kappa shape index (κ3) is 2.92. The largest absolute Gasteiger partial charge is 0.396 e. The smallest absolute Gasteiger partial charge is 0.0702 e. The van der Waals surface area contributed by atoms with E-state index in [9.17, 15) is 5.11 Å². The first-order valence-electron chi connectivity index (χ1n) is 6.65. The Kier molecular flexibility index (Phi) is 4.79. The summed E-state index contributed by atoms with van der Waals surface area (Å²) in [6.45, 7) is 1.36. The zero-order valence-electron chi connectivity index (χ0n) is 10.7. The molecule has 18 heavy (non-hydrogen) atoms. The summed E-state index contributed by atoms with van der Waals surface area (Å²) in [7, 11) is 0. The Bertz CT molecular complexity index is 490. The molecule has 3 nitrogen and oxygen atoms in total. The topological polar surface area (TPSA) is 45.4 Å². The van der Waals surface area contributed by atoms with E-state index < -0.39 is 0 Å². The second-order valence-corrected chi connectivity index (χ2v) is 4.66. The second-order valence-electron chi connectivity index (χ2n) is 4.66. The van der Waals surface area contributed by atoms with Gasteiger partial charge in [-0.15, -0.1) is 0 Å². The molecular formula is C15H21NO2. The molecule has 2 rings (SSSR count). The number of nitrogens with zero attached hydrogens (tertiary/aromatic N) is 1. The molecular weight excluding hydrogens is 226 g/mol. The number of aromatic nitrogens is 1. The number of fused-ring (bicyclic) bond motifs is 1. The van der Waals surface area contributed by atoms with Gasteiger partial charge in [0, 0.05) is 24.9 Å². The highest BCUT2D eigenvalue weighted by Gasteiger charge is 2.05. The molecule has 0 spiro atoms. The highest BCUT2D eigenvalue weighted by Crippen LogP contribution is 2.21. The molecule has 0 saturated heterocycles. The van der Waals surface area contributed by atoms with Crippen molar-refractivity contribution in [3.05, 3.63) is 36.0 Å². The van der Waals surface area contributed by atoms with Gasteiger partial charge >= 0.3 is 0 Å². The molecule has 0 fully saturated rings. The van der Waals surface area contributed by atoms with Gasteiger partial charge in [-0.3, -0.25) is 0 Å². The van der Waals surface area contributed by atoms with Gasteiger partial charge in [-0.05, 0) is 24.3 Å². The van der Waals surface area contributed by atoms with Gasteiger partial charge in [0.15, 0.2) is 0 Å². The van der Waals surface area contributed by atoms with Crippen LogP contribution in [0.1, 0.15) is 31.2 Å². The van der Waals surface area contributed by atoms with Crippen molar-refractivity contribution in [3.8, 4) is 0 Å². The van der Waals surface area contributed by atoms with Crippen molar-refractivity contribution in [3.63, 3.8) is 0 Å². The van der Waals surface area contributed by atoms with Crippen LogP contribution in [-0.4, -0.2) is 21.4 Å². The highest BCUT2D eigenvalue weighted by molar-refractivity contribution is 5.83. The fourth-order valence-electron chi connectivity index (χ4n) is 2.40. The average molecular weight is 247 g/mol. The van der Waals surface area contributed by atoms with Crippen LogP contribution < -0.4 is 0 Å². The molecule has 98 valence electrons. The van der Waals surface area contributed by atoms with Crippen molar-refractivity contribution in [1.29, 1.82) is 0 Å². The third-order valence-electron chi connectivity index (χ3n) is 3.35. The minimum Gasteiger partial charge on any atom is -0.396 e. The monoisotopic (exact) mass is 247 g/mol. The van der Waals surface area contributed by atoms with Gasteiger partial charge in [-0.1, -0.05) is 31.0 Å². The summed E-state index contributed by atoms with van der Waals surface area (Å²) in [6.07, 6.45) is 6.33. The predicted molar refractivity (Wildman–Crippen MR) is 73.4 cm³/mol. The van der Waals surface area contributed by atoms with Crippen LogP contribution in [0.5, 0.6) is 0 Å². The third-order valence-corrected chi connectivity index (χ3v) is 3.35. The first-order chi connectivity index (χ1) is 8.86. The van der Waals surface area contributed by atoms with E-state index in [1.165, 1.54) is 5.39 Å². The maximum absolute atomic E-state index is 9.38. The van der Waals surface area contributed by atoms with E-state index >= 15 is 0 Å². The number of para-hydroxylation sites is 1. The zero-order chi connectivity index (χ0) is 12.8. The minimum atomic E-state index is 0.0892. The van der Waals surface area contributed by atoms with E-state index in [1.807, 2.05) is 12.1 Å². The number of aryl methyl sites for hydroxylation is 1. The number of aliphatic hydroxyl groups is 2. The van der Waals surface area contributed by atoms with Gasteiger partial charge in [-0.2, -0.15) is 0 Å². The van der Waals surface area contributed by atoms with Crippen molar-refractivity contribution >= 4 is 10.9 Å². The standard InChI is InChI=1S/C15H21NO2/c17-11-4-2-1-3-9-16-10-8-13-6-5-7-14(12-18)15(13)16/h5-8,10,17-18H,1-4,9,11-12H2. The van der Waals surface area contributed by atoms with E-state index in [0.717, 1.165) is 43.3 Å². The van der Waals surface area contributed by atoms with Gasteiger partial charge in [0.05, 0.1) is 12.1 Å². The quantitative estimate of drug-likeness (QED) is 0.739. The van der Waals surface area contributed by atoms with Gasteiger partial charge in [0.25, 0.3) is 0 Å². The summed E-state index contributed by atoms with van der Waals surface area (Å²) in [6, 6.07) is 8.14. The van der Waals surface area contributed by atoms with E-state index in [-0.39, 0.29) is 6.61 Å². The number of rotatable bonds is 7. The molecule has 1 aromatic heterocycles. The van der Waals surface area contributed by atoms with Crippen molar-refractivity contribution in [2.75, 3.05) is 6.61 Å². The number of hydrogen-bond donors (Lipinski definition) is 2. The van der Waals surface area contributed by atoms with Crippen molar-refractivity contribution < 1.29 is 10.2 Å². The fraction of sp³-hybridized carbons (Fsp3) is 0.467. The Morgan fingerprint density at radius 1 is 0.944 bits per heavy atom. The van der Waals surface area contributed by atoms with Crippen LogP contribution >= 0.6 is 0 Å². The Hall–Kier alpha value is -1.32. The minimum absolute atomic E-state index is 0.0892. The summed E-state index contributed by atoms with van der Waals surface area (Å²) in [4.78, 5) is 0. The molecule has 0 radical (unpaired) electrons. The SMILES string of the molecule is OCCCCCCn1ccc2cccc(CO)c21. The molecule has 1 aromatic carbocycles. The Balaban J connectivity index is 2.04. The molecule has 1 heterocycles. The molecule has 0 aliphatic carbocycles. The summed E-state index contributed by atoms with van der Waals surface area (Å²) in [5.74, 6) is 0. The van der Waals surface area contributed by atoms with Crippen LogP contribution in [0.2, 0.25) is 0 Å². The van der Waals surface area contributed by atoms with E-state index in [2.05, 4.69) is 22.9 Å². The predicted octanol–water partition coefficient (Wildman–Crippen LogP) is 2.69. The van der Waals surface area contributed by atoms with Crippen LogP contribution in [0, 0.1) is 0 Å². The van der Waals surface area contributed by atoms with E-state index in [0.29, 0.717) is 6.61 Å². The lowest BCUT2D eigenvalue weighted by Crippen LogP contribution is -1.99. The van der Waals surface area contributed by atoms with E-state index in [1.54, 1.807) is 0 Å². The Morgan fingerprint density at radius 3 is 2.56 bits per heavy atom.